The largest absolute Gasteiger partial charge is 0.311 e. The van der Waals surface area contributed by atoms with E-state index in [0.29, 0.717) is 0 Å². The molecule has 0 amide bonds. The van der Waals surface area contributed by atoms with E-state index in [9.17, 15) is 0 Å². The van der Waals surface area contributed by atoms with E-state index in [2.05, 4.69) is 264 Å². The number of para-hydroxylation sites is 3. The maximum Gasteiger partial charge on any atom is 0.0726 e. The second-order valence-corrected chi connectivity index (χ2v) is 18.0. The van der Waals surface area contributed by atoms with Crippen LogP contribution in [0.3, 0.4) is 0 Å². The van der Waals surface area contributed by atoms with Gasteiger partial charge in [0.25, 0.3) is 0 Å². The molecule has 0 saturated heterocycles. The average molecular weight is 851 g/mol. The number of rotatable bonds is 7. The Labute approximate surface area is 389 Å². The molecule has 0 radical (unpaired) electrons. The van der Waals surface area contributed by atoms with Gasteiger partial charge in [-0.25, -0.2) is 0 Å². The number of anilines is 3. The summed E-state index contributed by atoms with van der Waals surface area (Å²) in [5.41, 5.74) is 21.6. The van der Waals surface area contributed by atoms with Crippen molar-refractivity contribution in [3.8, 4) is 50.2 Å². The van der Waals surface area contributed by atoms with Crippen molar-refractivity contribution in [3.05, 3.63) is 277 Å². The van der Waals surface area contributed by atoms with E-state index in [1.165, 1.54) is 99.3 Å². The summed E-state index contributed by atoms with van der Waals surface area (Å²) in [6.45, 7) is 0. The second-order valence-electron chi connectivity index (χ2n) is 18.0. The summed E-state index contributed by atoms with van der Waals surface area (Å²) < 4.78 is 2.50. The van der Waals surface area contributed by atoms with Gasteiger partial charge in [0.15, 0.2) is 0 Å². The lowest BCUT2D eigenvalue weighted by Gasteiger charge is -2.38. The third kappa shape index (κ3) is 5.45. The highest BCUT2D eigenvalue weighted by molar-refractivity contribution is 6.28. The Morgan fingerprint density at radius 2 is 0.761 bits per heavy atom. The molecular formula is C65H42N2. The number of aromatic nitrogens is 1. The van der Waals surface area contributed by atoms with Crippen LogP contribution in [0.15, 0.2) is 255 Å². The number of hydrogen-bond donors (Lipinski definition) is 0. The minimum absolute atomic E-state index is 0.615. The van der Waals surface area contributed by atoms with E-state index in [0.717, 1.165) is 22.7 Å². The molecule has 2 aliphatic rings. The standard InChI is InChI=1S/C65H42N2/c1-6-17-43(18-7-1)46-31-35-53-54-36-32-47(44-19-8-2-9-20-44)42-59(54)65(58(53)41-46)56-27-16-28-60-63(56)64-61(67(60)50-25-14-5-15-26-50)40-38-55-52(37-39-57(65)62(55)64)45-29-33-51(34-30-45)66(48-21-10-3-11-22-48)49-23-12-4-13-24-49/h1-42H. The molecule has 0 unspecified atom stereocenters. The summed E-state index contributed by atoms with van der Waals surface area (Å²) in [6.07, 6.45) is 0. The lowest BCUT2D eigenvalue weighted by atomic mass is 9.62. The van der Waals surface area contributed by atoms with E-state index < -0.39 is 5.41 Å². The van der Waals surface area contributed by atoms with Crippen LogP contribution in [0.2, 0.25) is 0 Å². The molecule has 0 N–H and O–H groups in total. The number of benzene rings is 11. The first-order valence-electron chi connectivity index (χ1n) is 23.3. The van der Waals surface area contributed by atoms with Crippen molar-refractivity contribution in [2.75, 3.05) is 4.90 Å². The molecule has 0 fully saturated rings. The van der Waals surface area contributed by atoms with E-state index in [1.54, 1.807) is 0 Å². The lowest BCUT2D eigenvalue weighted by molar-refractivity contribution is 0.783. The molecule has 67 heavy (non-hydrogen) atoms. The van der Waals surface area contributed by atoms with Crippen molar-refractivity contribution in [2.45, 2.75) is 5.41 Å². The molecule has 0 atom stereocenters. The Hall–Kier alpha value is -8.72. The van der Waals surface area contributed by atoms with Crippen molar-refractivity contribution >= 4 is 49.6 Å². The zero-order valence-electron chi connectivity index (χ0n) is 36.6. The van der Waals surface area contributed by atoms with Crippen molar-refractivity contribution in [1.29, 1.82) is 0 Å². The van der Waals surface area contributed by atoms with Gasteiger partial charge >= 0.3 is 0 Å². The second kappa shape index (κ2) is 14.7. The Balaban J connectivity index is 1.08. The summed E-state index contributed by atoms with van der Waals surface area (Å²) in [6, 6.07) is 94.3. The number of fused-ring (bicyclic) bond motifs is 7. The zero-order chi connectivity index (χ0) is 44.1. The highest BCUT2D eigenvalue weighted by atomic mass is 15.1. The van der Waals surface area contributed by atoms with Gasteiger partial charge in [0.1, 0.15) is 0 Å². The molecule has 11 aromatic carbocycles. The predicted octanol–water partition coefficient (Wildman–Crippen LogP) is 17.1. The number of hydrogen-bond acceptors (Lipinski definition) is 1. The monoisotopic (exact) mass is 850 g/mol. The molecule has 312 valence electrons. The van der Waals surface area contributed by atoms with Crippen LogP contribution in [0.4, 0.5) is 17.1 Å². The van der Waals surface area contributed by atoms with E-state index in [-0.39, 0.29) is 0 Å². The summed E-state index contributed by atoms with van der Waals surface area (Å²) in [4.78, 5) is 2.33. The summed E-state index contributed by atoms with van der Waals surface area (Å²) >= 11 is 0. The molecule has 0 saturated carbocycles. The van der Waals surface area contributed by atoms with Crippen LogP contribution in [-0.2, 0) is 5.41 Å². The molecule has 12 aromatic rings. The van der Waals surface area contributed by atoms with Gasteiger partial charge in [0, 0.05) is 33.5 Å². The lowest BCUT2D eigenvalue weighted by Crippen LogP contribution is -2.30. The Morgan fingerprint density at radius 3 is 1.34 bits per heavy atom. The van der Waals surface area contributed by atoms with Gasteiger partial charge in [-0.2, -0.15) is 0 Å². The van der Waals surface area contributed by atoms with Crippen molar-refractivity contribution in [1.82, 2.24) is 4.57 Å². The molecule has 0 aliphatic heterocycles. The molecule has 14 rings (SSSR count). The molecule has 1 spiro atoms. The minimum atomic E-state index is -0.615. The fourth-order valence-electron chi connectivity index (χ4n) is 11.8. The summed E-state index contributed by atoms with van der Waals surface area (Å²) in [5.74, 6) is 0. The first-order chi connectivity index (χ1) is 33.3. The smallest absolute Gasteiger partial charge is 0.0726 e. The SMILES string of the molecule is c1ccc(-c2ccc3c(c2)C2(c4cc(-c5ccccc5)ccc4-3)c3ccc(-c4ccc(N(c5ccccc5)c5ccccc5)cc4)c4ccc5c(c34)c3c2cccc3n5-c2ccccc2)cc1. The third-order valence-corrected chi connectivity index (χ3v) is 14.6. The van der Waals surface area contributed by atoms with Crippen molar-refractivity contribution < 1.29 is 0 Å². The van der Waals surface area contributed by atoms with Gasteiger partial charge in [0.05, 0.1) is 16.4 Å². The maximum absolute atomic E-state index is 2.51. The van der Waals surface area contributed by atoms with E-state index in [1.807, 2.05) is 0 Å². The van der Waals surface area contributed by atoms with E-state index in [4.69, 9.17) is 0 Å². The normalized spacial score (nSPS) is 12.9. The first-order valence-corrected chi connectivity index (χ1v) is 23.3. The topological polar surface area (TPSA) is 8.17 Å². The Bertz CT molecular complexity index is 3750. The molecular weight excluding hydrogens is 809 g/mol. The number of nitrogens with zero attached hydrogens (tertiary/aromatic N) is 2. The van der Waals surface area contributed by atoms with Crippen LogP contribution in [-0.4, -0.2) is 4.57 Å². The van der Waals surface area contributed by atoms with Gasteiger partial charge in [-0.05, 0) is 150 Å². The molecule has 1 heterocycles. The fraction of sp³-hybridized carbons (Fsp3) is 0.0154. The van der Waals surface area contributed by atoms with Gasteiger partial charge in [0.2, 0.25) is 0 Å². The molecule has 2 nitrogen and oxygen atoms in total. The van der Waals surface area contributed by atoms with Crippen LogP contribution in [0.25, 0.3) is 82.8 Å². The Kier molecular flexibility index (Phi) is 8.23. The van der Waals surface area contributed by atoms with Gasteiger partial charge in [-0.15, -0.1) is 0 Å². The van der Waals surface area contributed by atoms with Crippen molar-refractivity contribution in [2.24, 2.45) is 0 Å². The molecule has 2 aliphatic carbocycles. The third-order valence-electron chi connectivity index (χ3n) is 14.6. The van der Waals surface area contributed by atoms with Gasteiger partial charge in [-0.3, -0.25) is 0 Å². The zero-order valence-corrected chi connectivity index (χ0v) is 36.6. The molecule has 0 bridgehead atoms. The summed E-state index contributed by atoms with van der Waals surface area (Å²) in [7, 11) is 0. The highest BCUT2D eigenvalue weighted by Crippen LogP contribution is 2.63. The average Bonchev–Trinajstić information content (AvgIpc) is 3.90. The minimum Gasteiger partial charge on any atom is -0.311 e. The Morgan fingerprint density at radius 1 is 0.284 bits per heavy atom. The van der Waals surface area contributed by atoms with Crippen LogP contribution >= 0.6 is 0 Å². The van der Waals surface area contributed by atoms with Gasteiger partial charge in [-0.1, -0.05) is 182 Å². The van der Waals surface area contributed by atoms with E-state index >= 15 is 0 Å². The van der Waals surface area contributed by atoms with Crippen LogP contribution < -0.4 is 4.90 Å². The molecule has 1 aromatic heterocycles. The molecule has 2 heteroatoms. The summed E-state index contributed by atoms with van der Waals surface area (Å²) in [5, 5.41) is 5.22. The fourth-order valence-corrected chi connectivity index (χ4v) is 11.8. The van der Waals surface area contributed by atoms with Crippen molar-refractivity contribution in [3.63, 3.8) is 0 Å². The van der Waals surface area contributed by atoms with Gasteiger partial charge < -0.3 is 9.47 Å². The van der Waals surface area contributed by atoms with Crippen LogP contribution in [0, 0.1) is 0 Å². The maximum atomic E-state index is 2.51. The predicted molar refractivity (Wildman–Crippen MR) is 280 cm³/mol. The highest BCUT2D eigenvalue weighted by Gasteiger charge is 2.50. The quantitative estimate of drug-likeness (QED) is 0.155. The van der Waals surface area contributed by atoms with Crippen LogP contribution in [0.1, 0.15) is 22.3 Å². The van der Waals surface area contributed by atoms with Crippen LogP contribution in [0.5, 0.6) is 0 Å². The first kappa shape index (κ1) is 37.6.